The van der Waals surface area contributed by atoms with Crippen LogP contribution in [0.5, 0.6) is 11.5 Å². The molecule has 0 spiro atoms. The maximum absolute atomic E-state index is 12.7. The molecule has 8 nitrogen and oxygen atoms in total. The minimum absolute atomic E-state index is 0.0594. The molecular weight excluding hydrogens is 434 g/mol. The molecular formula is C26H27N3O5. The molecule has 3 aromatic rings. The molecule has 176 valence electrons. The summed E-state index contributed by atoms with van der Waals surface area (Å²) < 4.78 is 17.9. The van der Waals surface area contributed by atoms with Gasteiger partial charge in [0.25, 0.3) is 5.91 Å². The molecule has 0 bridgehead atoms. The molecule has 0 saturated carbocycles. The molecule has 34 heavy (non-hydrogen) atoms. The number of esters is 1. The number of rotatable bonds is 8. The highest BCUT2D eigenvalue weighted by molar-refractivity contribution is 5.96. The second-order valence-electron chi connectivity index (χ2n) is 7.87. The first-order valence-corrected chi connectivity index (χ1v) is 10.8. The highest BCUT2D eigenvalue weighted by atomic mass is 16.5. The lowest BCUT2D eigenvalue weighted by Crippen LogP contribution is -2.23. The van der Waals surface area contributed by atoms with Gasteiger partial charge in [-0.25, -0.2) is 4.79 Å². The Kier molecular flexibility index (Phi) is 7.59. The lowest BCUT2D eigenvalue weighted by molar-refractivity contribution is -0.119. The van der Waals surface area contributed by atoms with Gasteiger partial charge >= 0.3 is 5.97 Å². The number of amides is 1. The summed E-state index contributed by atoms with van der Waals surface area (Å²) in [6.45, 7) is 6.95. The fourth-order valence-corrected chi connectivity index (χ4v) is 3.49. The van der Waals surface area contributed by atoms with Gasteiger partial charge in [-0.2, -0.15) is 5.26 Å². The number of hydrogen-bond donors (Lipinski definition) is 1. The van der Waals surface area contributed by atoms with Crippen LogP contribution in [0.2, 0.25) is 0 Å². The molecule has 1 heterocycles. The van der Waals surface area contributed by atoms with Crippen molar-refractivity contribution in [1.29, 1.82) is 5.26 Å². The molecule has 2 aromatic carbocycles. The fourth-order valence-electron chi connectivity index (χ4n) is 3.49. The quantitative estimate of drug-likeness (QED) is 0.494. The largest absolute Gasteiger partial charge is 0.493 e. The molecule has 0 saturated heterocycles. The van der Waals surface area contributed by atoms with E-state index in [4.69, 9.17) is 14.2 Å². The Morgan fingerprint density at radius 2 is 1.79 bits per heavy atom. The maximum atomic E-state index is 12.7. The molecule has 0 aliphatic heterocycles. The smallest absolute Gasteiger partial charge is 0.338 e. The normalized spacial score (nSPS) is 10.5. The molecule has 0 radical (unpaired) electrons. The number of benzene rings is 2. The molecule has 3 rings (SSSR count). The van der Waals surface area contributed by atoms with Gasteiger partial charge in [-0.15, -0.1) is 0 Å². The van der Waals surface area contributed by atoms with E-state index >= 15 is 0 Å². The van der Waals surface area contributed by atoms with Crippen LogP contribution in [0.1, 0.15) is 41.0 Å². The number of para-hydroxylation sites is 1. The van der Waals surface area contributed by atoms with Gasteiger partial charge in [0.2, 0.25) is 0 Å². The highest BCUT2D eigenvalue weighted by Gasteiger charge is 2.21. The average molecular weight is 462 g/mol. The summed E-state index contributed by atoms with van der Waals surface area (Å²) in [5, 5.41) is 12.4. The van der Waals surface area contributed by atoms with Gasteiger partial charge in [0.1, 0.15) is 11.9 Å². The molecule has 1 amide bonds. The number of carbonyl (C=O) groups is 2. The van der Waals surface area contributed by atoms with E-state index in [1.165, 1.54) is 13.2 Å². The van der Waals surface area contributed by atoms with Crippen molar-refractivity contribution in [2.75, 3.05) is 19.0 Å². The van der Waals surface area contributed by atoms with Gasteiger partial charge in [0, 0.05) is 11.4 Å². The summed E-state index contributed by atoms with van der Waals surface area (Å²) in [4.78, 5) is 25.2. The van der Waals surface area contributed by atoms with Crippen LogP contribution in [0.3, 0.4) is 0 Å². The fraction of sp³-hybridized carbons (Fsp3) is 0.269. The molecule has 0 aliphatic rings. The first-order chi connectivity index (χ1) is 16.3. The number of anilines is 1. The van der Waals surface area contributed by atoms with E-state index < -0.39 is 18.5 Å². The van der Waals surface area contributed by atoms with Crippen molar-refractivity contribution in [3.8, 4) is 23.3 Å². The molecule has 0 fully saturated rings. The van der Waals surface area contributed by atoms with Gasteiger partial charge in [0.15, 0.2) is 18.1 Å². The Bertz CT molecular complexity index is 1240. The van der Waals surface area contributed by atoms with Crippen LogP contribution in [0, 0.1) is 25.2 Å². The predicted molar refractivity (Wildman–Crippen MR) is 128 cm³/mol. The third kappa shape index (κ3) is 5.21. The molecule has 1 N–H and O–H groups in total. The lowest BCUT2D eigenvalue weighted by Gasteiger charge is -2.15. The van der Waals surface area contributed by atoms with Gasteiger partial charge in [-0.3, -0.25) is 9.36 Å². The zero-order chi connectivity index (χ0) is 24.8. The Morgan fingerprint density at radius 3 is 2.41 bits per heavy atom. The van der Waals surface area contributed by atoms with Gasteiger partial charge in [-0.05, 0) is 63.6 Å². The number of aromatic nitrogens is 1. The lowest BCUT2D eigenvalue weighted by atomic mass is 10.2. The summed E-state index contributed by atoms with van der Waals surface area (Å²) in [6, 6.07) is 16.2. The van der Waals surface area contributed by atoms with E-state index in [9.17, 15) is 14.9 Å². The standard InChI is InChI=1S/C26H27N3O5/c1-16(2)34-22-12-11-19(13-23(22)32-5)26(31)33-15-24(30)28-25-21(14-27)17(3)18(4)29(25)20-9-7-6-8-10-20/h6-13,16H,15H2,1-5H3,(H,28,30). The summed E-state index contributed by atoms with van der Waals surface area (Å²) in [7, 11) is 1.48. The average Bonchev–Trinajstić information content (AvgIpc) is 3.06. The number of ether oxygens (including phenoxy) is 3. The van der Waals surface area contributed by atoms with Crippen LogP contribution in [0.4, 0.5) is 5.82 Å². The number of nitriles is 1. The predicted octanol–water partition coefficient (Wildman–Crippen LogP) is 4.56. The van der Waals surface area contributed by atoms with Gasteiger partial charge in [0.05, 0.1) is 24.3 Å². The van der Waals surface area contributed by atoms with E-state index in [0.29, 0.717) is 22.9 Å². The first-order valence-electron chi connectivity index (χ1n) is 10.8. The van der Waals surface area contributed by atoms with Crippen LogP contribution in [-0.2, 0) is 9.53 Å². The first kappa shape index (κ1) is 24.4. The van der Waals surface area contributed by atoms with Crippen LogP contribution >= 0.6 is 0 Å². The van der Waals surface area contributed by atoms with Crippen molar-refractivity contribution < 1.29 is 23.8 Å². The van der Waals surface area contributed by atoms with Crippen LogP contribution < -0.4 is 14.8 Å². The number of methoxy groups -OCH3 is 1. The van der Waals surface area contributed by atoms with Crippen LogP contribution in [0.25, 0.3) is 5.69 Å². The Labute approximate surface area is 198 Å². The van der Waals surface area contributed by atoms with Crippen molar-refractivity contribution in [3.05, 3.63) is 70.9 Å². The number of nitrogens with one attached hydrogen (secondary N) is 1. The van der Waals surface area contributed by atoms with Crippen molar-refractivity contribution in [2.45, 2.75) is 33.8 Å². The molecule has 8 heteroatoms. The Hall–Kier alpha value is -4.25. The zero-order valence-corrected chi connectivity index (χ0v) is 19.8. The van der Waals surface area contributed by atoms with Gasteiger partial charge in [-0.1, -0.05) is 18.2 Å². The van der Waals surface area contributed by atoms with Crippen LogP contribution in [-0.4, -0.2) is 36.3 Å². The SMILES string of the molecule is COc1cc(C(=O)OCC(=O)Nc2c(C#N)c(C)c(C)n2-c2ccccc2)ccc1OC(C)C. The molecule has 0 atom stereocenters. The third-order valence-corrected chi connectivity index (χ3v) is 5.19. The topological polar surface area (TPSA) is 103 Å². The molecule has 1 aromatic heterocycles. The molecule has 0 aliphatic carbocycles. The minimum atomic E-state index is -0.684. The van der Waals surface area contributed by atoms with Gasteiger partial charge < -0.3 is 19.5 Å². The Morgan fingerprint density at radius 1 is 1.09 bits per heavy atom. The van der Waals surface area contributed by atoms with Crippen molar-refractivity contribution in [1.82, 2.24) is 4.57 Å². The van der Waals surface area contributed by atoms with E-state index in [-0.39, 0.29) is 11.7 Å². The minimum Gasteiger partial charge on any atom is -0.493 e. The Balaban J connectivity index is 1.76. The number of hydrogen-bond acceptors (Lipinski definition) is 6. The summed E-state index contributed by atoms with van der Waals surface area (Å²) in [5.74, 6) is -0.0233. The second-order valence-corrected chi connectivity index (χ2v) is 7.87. The van der Waals surface area contributed by atoms with Crippen LogP contribution in [0.15, 0.2) is 48.5 Å². The third-order valence-electron chi connectivity index (χ3n) is 5.19. The highest BCUT2D eigenvalue weighted by Crippen LogP contribution is 2.31. The van der Waals surface area contributed by atoms with Crippen molar-refractivity contribution >= 4 is 17.7 Å². The summed E-state index contributed by atoms with van der Waals surface area (Å²) >= 11 is 0. The monoisotopic (exact) mass is 461 g/mol. The molecule has 0 unspecified atom stereocenters. The van der Waals surface area contributed by atoms with E-state index in [1.807, 2.05) is 58.0 Å². The second kappa shape index (κ2) is 10.6. The van der Waals surface area contributed by atoms with Crippen molar-refractivity contribution in [3.63, 3.8) is 0 Å². The van der Waals surface area contributed by atoms with Crippen molar-refractivity contribution in [2.24, 2.45) is 0 Å². The van der Waals surface area contributed by atoms with E-state index in [0.717, 1.165) is 16.9 Å². The van der Waals surface area contributed by atoms with E-state index in [1.54, 1.807) is 16.7 Å². The summed E-state index contributed by atoms with van der Waals surface area (Å²) in [6.07, 6.45) is -0.0594. The number of nitrogens with zero attached hydrogens (tertiary/aromatic N) is 2. The maximum Gasteiger partial charge on any atom is 0.338 e. The number of carbonyl (C=O) groups excluding carboxylic acids is 2. The summed E-state index contributed by atoms with van der Waals surface area (Å²) in [5.41, 5.74) is 2.96. The van der Waals surface area contributed by atoms with E-state index in [2.05, 4.69) is 11.4 Å². The zero-order valence-electron chi connectivity index (χ0n) is 19.8.